The molecule has 0 unspecified atom stereocenters. The van der Waals surface area contributed by atoms with E-state index >= 15 is 0 Å². The zero-order chi connectivity index (χ0) is 10.3. The van der Waals surface area contributed by atoms with Crippen LogP contribution < -0.4 is 0 Å². The molecule has 1 N–H and O–H groups in total. The summed E-state index contributed by atoms with van der Waals surface area (Å²) in [5, 5.41) is 8.50. The van der Waals surface area contributed by atoms with Gasteiger partial charge in [-0.1, -0.05) is 31.4 Å². The number of carbonyl (C=O) groups is 1. The van der Waals surface area contributed by atoms with E-state index < -0.39 is 5.97 Å². The lowest BCUT2D eigenvalue weighted by molar-refractivity contribution is -0.132. The van der Waals surface area contributed by atoms with Gasteiger partial charge in [0.1, 0.15) is 0 Å². The zero-order valence-electron chi connectivity index (χ0n) is 7.88. The maximum Gasteiger partial charge on any atom is 0.330 e. The molecule has 0 amide bonds. The van der Waals surface area contributed by atoms with Crippen LogP contribution in [0.25, 0.3) is 0 Å². The Morgan fingerprint density at radius 3 is 2.23 bits per heavy atom. The van der Waals surface area contributed by atoms with Crippen LogP contribution in [0.15, 0.2) is 37.0 Å². The van der Waals surface area contributed by atoms with Crippen LogP contribution in [-0.2, 0) is 4.79 Å². The summed E-state index contributed by atoms with van der Waals surface area (Å²) in [6.07, 6.45) is 4.96. The fourth-order valence-corrected chi connectivity index (χ4v) is 0.899. The fraction of sp³-hybridized carbons (Fsp3) is 0.364. The molecule has 0 aliphatic carbocycles. The molecular formula is C11H16O2. The normalized spacial score (nSPS) is 9.23. The standard InChI is InChI=1S/C11H16O2/c1-4-9(2)7-5-6-8-10(3)11(12)13/h4H,1-3,5-8H2,(H,12,13). The highest BCUT2D eigenvalue weighted by Crippen LogP contribution is 2.11. The zero-order valence-corrected chi connectivity index (χ0v) is 7.88. The molecule has 0 spiro atoms. The first-order valence-electron chi connectivity index (χ1n) is 4.29. The summed E-state index contributed by atoms with van der Waals surface area (Å²) in [7, 11) is 0. The number of carboxylic acid groups (broad SMARTS) is 1. The van der Waals surface area contributed by atoms with Gasteiger partial charge in [0.15, 0.2) is 0 Å². The molecular weight excluding hydrogens is 164 g/mol. The number of hydrogen-bond donors (Lipinski definition) is 1. The first-order valence-corrected chi connectivity index (χ1v) is 4.29. The molecule has 0 saturated carbocycles. The Morgan fingerprint density at radius 2 is 1.77 bits per heavy atom. The highest BCUT2D eigenvalue weighted by Gasteiger charge is 2.02. The predicted molar refractivity (Wildman–Crippen MR) is 54.6 cm³/mol. The molecule has 0 fully saturated rings. The minimum atomic E-state index is -0.900. The van der Waals surface area contributed by atoms with E-state index in [4.69, 9.17) is 5.11 Å². The minimum Gasteiger partial charge on any atom is -0.478 e. The fourth-order valence-electron chi connectivity index (χ4n) is 0.899. The second-order valence-electron chi connectivity index (χ2n) is 2.98. The number of hydrogen-bond acceptors (Lipinski definition) is 1. The lowest BCUT2D eigenvalue weighted by atomic mass is 10.1. The number of rotatable bonds is 7. The van der Waals surface area contributed by atoms with Gasteiger partial charge >= 0.3 is 5.97 Å². The third-order valence-electron chi connectivity index (χ3n) is 1.82. The molecule has 0 aliphatic heterocycles. The summed E-state index contributed by atoms with van der Waals surface area (Å²) < 4.78 is 0. The third kappa shape index (κ3) is 5.91. The van der Waals surface area contributed by atoms with Crippen LogP contribution in [0, 0.1) is 0 Å². The van der Waals surface area contributed by atoms with E-state index in [1.807, 2.05) is 0 Å². The van der Waals surface area contributed by atoms with Crippen molar-refractivity contribution in [1.82, 2.24) is 0 Å². The van der Waals surface area contributed by atoms with Crippen LogP contribution >= 0.6 is 0 Å². The molecule has 0 bridgehead atoms. The molecule has 72 valence electrons. The van der Waals surface area contributed by atoms with E-state index in [1.54, 1.807) is 6.08 Å². The van der Waals surface area contributed by atoms with Crippen molar-refractivity contribution in [2.45, 2.75) is 25.7 Å². The Morgan fingerprint density at radius 1 is 1.23 bits per heavy atom. The molecule has 0 aromatic rings. The monoisotopic (exact) mass is 180 g/mol. The molecule has 0 rings (SSSR count). The largest absolute Gasteiger partial charge is 0.478 e. The van der Waals surface area contributed by atoms with Crippen LogP contribution in [-0.4, -0.2) is 11.1 Å². The maximum atomic E-state index is 10.4. The van der Waals surface area contributed by atoms with Gasteiger partial charge in [-0.15, -0.1) is 0 Å². The highest BCUT2D eigenvalue weighted by molar-refractivity contribution is 5.85. The molecule has 0 radical (unpaired) electrons. The van der Waals surface area contributed by atoms with Gasteiger partial charge in [0.2, 0.25) is 0 Å². The maximum absolute atomic E-state index is 10.4. The second kappa shape index (κ2) is 6.23. The van der Waals surface area contributed by atoms with Crippen molar-refractivity contribution in [3.8, 4) is 0 Å². The van der Waals surface area contributed by atoms with E-state index in [1.165, 1.54) is 0 Å². The van der Waals surface area contributed by atoms with Crippen LogP contribution in [0.1, 0.15) is 25.7 Å². The Bertz CT molecular complexity index is 226. The molecule has 2 heteroatoms. The number of aliphatic carboxylic acids is 1. The summed E-state index contributed by atoms with van der Waals surface area (Å²) in [6, 6.07) is 0. The van der Waals surface area contributed by atoms with E-state index in [9.17, 15) is 4.79 Å². The van der Waals surface area contributed by atoms with Crippen molar-refractivity contribution in [3.05, 3.63) is 37.0 Å². The lowest BCUT2D eigenvalue weighted by Gasteiger charge is -2.00. The van der Waals surface area contributed by atoms with E-state index in [0.717, 1.165) is 24.8 Å². The van der Waals surface area contributed by atoms with Crippen molar-refractivity contribution >= 4 is 5.97 Å². The van der Waals surface area contributed by atoms with Crippen LogP contribution in [0.2, 0.25) is 0 Å². The Hall–Kier alpha value is -1.31. The highest BCUT2D eigenvalue weighted by atomic mass is 16.4. The summed E-state index contributed by atoms with van der Waals surface area (Å²) in [5.74, 6) is -0.900. The Kier molecular flexibility index (Phi) is 5.60. The van der Waals surface area contributed by atoms with Crippen molar-refractivity contribution < 1.29 is 9.90 Å². The van der Waals surface area contributed by atoms with Crippen molar-refractivity contribution in [3.63, 3.8) is 0 Å². The molecule has 0 aromatic heterocycles. The first kappa shape index (κ1) is 11.7. The third-order valence-corrected chi connectivity index (χ3v) is 1.82. The van der Waals surface area contributed by atoms with E-state index in [2.05, 4.69) is 19.7 Å². The minimum absolute atomic E-state index is 0.282. The summed E-state index contributed by atoms with van der Waals surface area (Å²) in [6.45, 7) is 10.8. The summed E-state index contributed by atoms with van der Waals surface area (Å²) >= 11 is 0. The topological polar surface area (TPSA) is 37.3 Å². The van der Waals surface area contributed by atoms with E-state index in [-0.39, 0.29) is 5.57 Å². The SMILES string of the molecule is C=CC(=C)CCCCC(=C)C(=O)O. The number of carboxylic acids is 1. The molecule has 0 heterocycles. The Balaban J connectivity index is 3.46. The second-order valence-corrected chi connectivity index (χ2v) is 2.98. The van der Waals surface area contributed by atoms with Gasteiger partial charge in [-0.05, 0) is 25.7 Å². The van der Waals surface area contributed by atoms with Crippen molar-refractivity contribution in [1.29, 1.82) is 0 Å². The summed E-state index contributed by atoms with van der Waals surface area (Å²) in [5.41, 5.74) is 1.28. The molecule has 0 atom stereocenters. The smallest absolute Gasteiger partial charge is 0.330 e. The first-order chi connectivity index (χ1) is 6.07. The molecule has 0 saturated heterocycles. The summed E-state index contributed by atoms with van der Waals surface area (Å²) in [4.78, 5) is 10.4. The van der Waals surface area contributed by atoms with Gasteiger partial charge in [0.25, 0.3) is 0 Å². The van der Waals surface area contributed by atoms with Gasteiger partial charge in [0.05, 0.1) is 0 Å². The van der Waals surface area contributed by atoms with Gasteiger partial charge in [-0.25, -0.2) is 4.79 Å². The van der Waals surface area contributed by atoms with Gasteiger partial charge in [-0.3, -0.25) is 0 Å². The predicted octanol–water partition coefficient (Wildman–Crippen LogP) is 2.93. The molecule has 2 nitrogen and oxygen atoms in total. The quantitative estimate of drug-likeness (QED) is 0.371. The van der Waals surface area contributed by atoms with Gasteiger partial charge in [0, 0.05) is 5.57 Å². The van der Waals surface area contributed by atoms with Crippen LogP contribution in [0.4, 0.5) is 0 Å². The number of allylic oxidation sites excluding steroid dienone is 2. The Labute approximate surface area is 79.3 Å². The van der Waals surface area contributed by atoms with Crippen LogP contribution in [0.3, 0.4) is 0 Å². The van der Waals surface area contributed by atoms with Crippen LogP contribution in [0.5, 0.6) is 0 Å². The van der Waals surface area contributed by atoms with Gasteiger partial charge in [-0.2, -0.15) is 0 Å². The lowest BCUT2D eigenvalue weighted by Crippen LogP contribution is -1.98. The van der Waals surface area contributed by atoms with Crippen molar-refractivity contribution in [2.75, 3.05) is 0 Å². The molecule has 0 aromatic carbocycles. The van der Waals surface area contributed by atoms with E-state index in [0.29, 0.717) is 6.42 Å². The average molecular weight is 180 g/mol. The van der Waals surface area contributed by atoms with Gasteiger partial charge < -0.3 is 5.11 Å². The molecule has 0 aliphatic rings. The number of unbranched alkanes of at least 4 members (excludes halogenated alkanes) is 1. The molecule has 13 heavy (non-hydrogen) atoms. The average Bonchev–Trinajstić information content (AvgIpc) is 2.11. The van der Waals surface area contributed by atoms with Crippen molar-refractivity contribution in [2.24, 2.45) is 0 Å².